The molecule has 0 spiro atoms. The molecule has 2 rings (SSSR count). The molecule has 1 aromatic heterocycles. The molecule has 1 fully saturated rings. The molecular weight excluding hydrogens is 216 g/mol. The minimum Gasteiger partial charge on any atom is -0.396 e. The number of carbonyl (C=O) groups excluding carboxylic acids is 1. The van der Waals surface area contributed by atoms with Gasteiger partial charge in [-0.25, -0.2) is 4.98 Å². The van der Waals surface area contributed by atoms with Crippen LogP contribution in [0, 0.1) is 6.92 Å². The molecule has 0 unspecified atom stereocenters. The predicted octanol–water partition coefficient (Wildman–Crippen LogP) is 0.687. The summed E-state index contributed by atoms with van der Waals surface area (Å²) in [6, 6.07) is 2.25. The third-order valence-corrected chi connectivity index (χ3v) is 2.87. The summed E-state index contributed by atoms with van der Waals surface area (Å²) in [6.07, 6.45) is 3.90. The Morgan fingerprint density at radius 1 is 1.65 bits per heavy atom. The van der Waals surface area contributed by atoms with E-state index in [1.807, 2.05) is 20.0 Å². The van der Waals surface area contributed by atoms with Crippen LogP contribution >= 0.6 is 0 Å². The lowest BCUT2D eigenvalue weighted by molar-refractivity contribution is -0.119. The molecule has 17 heavy (non-hydrogen) atoms. The van der Waals surface area contributed by atoms with Crippen LogP contribution in [0.15, 0.2) is 12.3 Å². The summed E-state index contributed by atoms with van der Waals surface area (Å²) in [6.45, 7) is 2.22. The molecule has 1 aliphatic rings. The Labute approximate surface area is 101 Å². The van der Waals surface area contributed by atoms with Gasteiger partial charge in [0.2, 0.25) is 5.91 Å². The van der Waals surface area contributed by atoms with E-state index in [4.69, 9.17) is 5.73 Å². The second-order valence-electron chi connectivity index (χ2n) is 4.56. The van der Waals surface area contributed by atoms with E-state index in [2.05, 4.69) is 10.3 Å². The number of aromatic nitrogens is 1. The van der Waals surface area contributed by atoms with Crippen LogP contribution in [-0.2, 0) is 4.79 Å². The number of pyridine rings is 1. The molecule has 5 heteroatoms. The number of nitrogens with one attached hydrogen (secondary N) is 1. The van der Waals surface area contributed by atoms with Gasteiger partial charge >= 0.3 is 0 Å². The monoisotopic (exact) mass is 234 g/mol. The maximum atomic E-state index is 11.7. The highest BCUT2D eigenvalue weighted by Crippen LogP contribution is 2.22. The van der Waals surface area contributed by atoms with Crippen LogP contribution in [0.3, 0.4) is 0 Å². The molecule has 1 heterocycles. The zero-order valence-electron chi connectivity index (χ0n) is 10.2. The lowest BCUT2D eigenvalue weighted by atomic mass is 10.2. The van der Waals surface area contributed by atoms with Crippen molar-refractivity contribution >= 4 is 17.4 Å². The Kier molecular flexibility index (Phi) is 3.17. The summed E-state index contributed by atoms with van der Waals surface area (Å²) >= 11 is 0. The van der Waals surface area contributed by atoms with Crippen LogP contribution in [0.1, 0.15) is 18.4 Å². The van der Waals surface area contributed by atoms with Crippen molar-refractivity contribution < 1.29 is 4.79 Å². The second-order valence-corrected chi connectivity index (χ2v) is 4.56. The minimum atomic E-state index is 0.0257. The summed E-state index contributed by atoms with van der Waals surface area (Å²) < 4.78 is 0. The summed E-state index contributed by atoms with van der Waals surface area (Å²) in [5.74, 6) is 0.689. The van der Waals surface area contributed by atoms with Gasteiger partial charge in [-0.1, -0.05) is 0 Å². The zero-order valence-corrected chi connectivity index (χ0v) is 10.2. The SMILES string of the molecule is Cc1ccnc(N(C)CC(=O)NC2CC2)c1N. The number of nitrogen functional groups attached to an aromatic ring is 1. The summed E-state index contributed by atoms with van der Waals surface area (Å²) in [7, 11) is 1.82. The molecule has 1 aliphatic carbocycles. The molecule has 5 nitrogen and oxygen atoms in total. The number of nitrogens with two attached hydrogens (primary N) is 1. The van der Waals surface area contributed by atoms with E-state index in [0.29, 0.717) is 17.5 Å². The molecule has 0 saturated heterocycles. The van der Waals surface area contributed by atoms with E-state index >= 15 is 0 Å². The zero-order chi connectivity index (χ0) is 12.4. The summed E-state index contributed by atoms with van der Waals surface area (Å²) in [5, 5.41) is 2.94. The number of hydrogen-bond acceptors (Lipinski definition) is 4. The number of likely N-dealkylation sites (N-methyl/N-ethyl adjacent to an activating group) is 1. The second kappa shape index (κ2) is 4.61. The number of anilines is 2. The normalized spacial score (nSPS) is 14.5. The van der Waals surface area contributed by atoms with Crippen LogP contribution in [0.25, 0.3) is 0 Å². The van der Waals surface area contributed by atoms with Gasteiger partial charge in [0.15, 0.2) is 5.82 Å². The number of aryl methyl sites for hydroxylation is 1. The highest BCUT2D eigenvalue weighted by molar-refractivity contribution is 5.82. The van der Waals surface area contributed by atoms with Crippen LogP contribution in [0.5, 0.6) is 0 Å². The fourth-order valence-corrected chi connectivity index (χ4v) is 1.65. The molecule has 1 saturated carbocycles. The Balaban J connectivity index is 2.00. The predicted molar refractivity (Wildman–Crippen MR) is 67.8 cm³/mol. The molecule has 92 valence electrons. The average Bonchev–Trinajstić information content (AvgIpc) is 3.05. The van der Waals surface area contributed by atoms with Gasteiger partial charge in [-0.05, 0) is 31.4 Å². The summed E-state index contributed by atoms with van der Waals surface area (Å²) in [5.41, 5.74) is 7.55. The highest BCUT2D eigenvalue weighted by Gasteiger charge is 2.24. The third kappa shape index (κ3) is 2.87. The molecule has 1 amide bonds. The number of amides is 1. The lowest BCUT2D eigenvalue weighted by Crippen LogP contribution is -2.36. The molecule has 1 aromatic rings. The van der Waals surface area contributed by atoms with Crippen LogP contribution in [-0.4, -0.2) is 30.5 Å². The first-order valence-electron chi connectivity index (χ1n) is 5.79. The van der Waals surface area contributed by atoms with Crippen LogP contribution in [0.4, 0.5) is 11.5 Å². The quantitative estimate of drug-likeness (QED) is 0.804. The number of rotatable bonds is 4. The smallest absolute Gasteiger partial charge is 0.239 e. The van der Waals surface area contributed by atoms with Gasteiger partial charge in [0.1, 0.15) is 0 Å². The number of hydrogen-bond donors (Lipinski definition) is 2. The maximum Gasteiger partial charge on any atom is 0.239 e. The molecule has 0 bridgehead atoms. The van der Waals surface area contributed by atoms with Gasteiger partial charge in [0, 0.05) is 19.3 Å². The topological polar surface area (TPSA) is 71.2 Å². The molecule has 0 radical (unpaired) electrons. The van der Waals surface area contributed by atoms with Crippen molar-refractivity contribution in [1.29, 1.82) is 0 Å². The van der Waals surface area contributed by atoms with Gasteiger partial charge in [0.25, 0.3) is 0 Å². The first-order valence-corrected chi connectivity index (χ1v) is 5.79. The van der Waals surface area contributed by atoms with Gasteiger partial charge < -0.3 is 16.0 Å². The van der Waals surface area contributed by atoms with Gasteiger partial charge in [-0.15, -0.1) is 0 Å². The van der Waals surface area contributed by atoms with E-state index in [9.17, 15) is 4.79 Å². The highest BCUT2D eigenvalue weighted by atomic mass is 16.2. The molecule has 3 N–H and O–H groups in total. The number of nitrogens with zero attached hydrogens (tertiary/aromatic N) is 2. The Morgan fingerprint density at radius 3 is 3.00 bits per heavy atom. The summed E-state index contributed by atoms with van der Waals surface area (Å²) in [4.78, 5) is 17.6. The van der Waals surface area contributed by atoms with Crippen LogP contribution in [0.2, 0.25) is 0 Å². The van der Waals surface area contributed by atoms with Crippen molar-refractivity contribution in [3.8, 4) is 0 Å². The molecular formula is C12H18N4O. The van der Waals surface area contributed by atoms with E-state index < -0.39 is 0 Å². The van der Waals surface area contributed by atoms with Crippen molar-refractivity contribution in [2.45, 2.75) is 25.8 Å². The molecule has 0 aromatic carbocycles. The van der Waals surface area contributed by atoms with Crippen molar-refractivity contribution in [3.63, 3.8) is 0 Å². The van der Waals surface area contributed by atoms with Crippen molar-refractivity contribution in [2.75, 3.05) is 24.2 Å². The van der Waals surface area contributed by atoms with Gasteiger partial charge in [-0.2, -0.15) is 0 Å². The van der Waals surface area contributed by atoms with Crippen molar-refractivity contribution in [3.05, 3.63) is 17.8 Å². The maximum absolute atomic E-state index is 11.7. The minimum absolute atomic E-state index is 0.0257. The van der Waals surface area contributed by atoms with E-state index in [1.165, 1.54) is 0 Å². The van der Waals surface area contributed by atoms with Gasteiger partial charge in [-0.3, -0.25) is 4.79 Å². The van der Waals surface area contributed by atoms with E-state index in [0.717, 1.165) is 18.4 Å². The van der Waals surface area contributed by atoms with Crippen LogP contribution < -0.4 is 16.0 Å². The largest absolute Gasteiger partial charge is 0.396 e. The van der Waals surface area contributed by atoms with E-state index in [1.54, 1.807) is 11.1 Å². The average molecular weight is 234 g/mol. The first-order chi connectivity index (χ1) is 8.08. The Bertz CT molecular complexity index is 429. The molecule has 0 atom stereocenters. The fourth-order valence-electron chi connectivity index (χ4n) is 1.65. The molecule has 0 aliphatic heterocycles. The lowest BCUT2D eigenvalue weighted by Gasteiger charge is -2.20. The first kappa shape index (κ1) is 11.7. The third-order valence-electron chi connectivity index (χ3n) is 2.87. The van der Waals surface area contributed by atoms with E-state index in [-0.39, 0.29) is 12.5 Å². The Hall–Kier alpha value is -1.78. The van der Waals surface area contributed by atoms with Crippen molar-refractivity contribution in [2.24, 2.45) is 0 Å². The van der Waals surface area contributed by atoms with Gasteiger partial charge in [0.05, 0.1) is 12.2 Å². The Morgan fingerprint density at radius 2 is 2.35 bits per heavy atom. The standard InChI is InChI=1S/C12H18N4O/c1-8-5-6-14-12(11(8)13)16(2)7-10(17)15-9-3-4-9/h5-6,9H,3-4,7,13H2,1-2H3,(H,15,17). The number of carbonyl (C=O) groups is 1. The van der Waals surface area contributed by atoms with Crippen molar-refractivity contribution in [1.82, 2.24) is 10.3 Å². The fraction of sp³-hybridized carbons (Fsp3) is 0.500.